The molecule has 0 atom stereocenters. The molecule has 0 fully saturated rings. The monoisotopic (exact) mass is 532 g/mol. The van der Waals surface area contributed by atoms with Crippen molar-refractivity contribution < 1.29 is 23.1 Å². The van der Waals surface area contributed by atoms with Gasteiger partial charge in [0, 0.05) is 40.8 Å². The molecule has 0 unspecified atom stereocenters. The number of methoxy groups -OCH3 is 1. The van der Waals surface area contributed by atoms with E-state index in [9.17, 15) is 18.3 Å². The van der Waals surface area contributed by atoms with Gasteiger partial charge in [0.2, 0.25) is 10.0 Å². The number of carboxylic acids is 1. The molecular weight excluding hydrogens is 515 g/mol. The van der Waals surface area contributed by atoms with Gasteiger partial charge in [-0.1, -0.05) is 23.2 Å². The molecular formula is C23H18Cl2N4O5S. The molecule has 9 nitrogen and oxygen atoms in total. The van der Waals surface area contributed by atoms with Crippen LogP contribution >= 0.6 is 23.2 Å². The van der Waals surface area contributed by atoms with Crippen molar-refractivity contribution in [2.24, 2.45) is 0 Å². The van der Waals surface area contributed by atoms with Crippen LogP contribution in [0.15, 0.2) is 48.8 Å². The lowest BCUT2D eigenvalue weighted by atomic mass is 9.99. The molecule has 0 spiro atoms. The van der Waals surface area contributed by atoms with Crippen molar-refractivity contribution in [3.05, 3.63) is 75.7 Å². The van der Waals surface area contributed by atoms with Gasteiger partial charge < -0.3 is 9.84 Å². The van der Waals surface area contributed by atoms with E-state index in [0.717, 1.165) is 6.26 Å². The highest BCUT2D eigenvalue weighted by atomic mass is 35.5. The van der Waals surface area contributed by atoms with E-state index in [1.165, 1.54) is 37.7 Å². The summed E-state index contributed by atoms with van der Waals surface area (Å²) in [5, 5.41) is 20.4. The molecule has 0 bridgehead atoms. The van der Waals surface area contributed by atoms with Gasteiger partial charge >= 0.3 is 5.97 Å². The molecule has 0 saturated carbocycles. The van der Waals surface area contributed by atoms with Gasteiger partial charge in [0.1, 0.15) is 11.4 Å². The number of carbonyl (C=O) groups is 1. The van der Waals surface area contributed by atoms with E-state index in [4.69, 9.17) is 27.9 Å². The fourth-order valence-electron chi connectivity index (χ4n) is 3.59. The van der Waals surface area contributed by atoms with Crippen molar-refractivity contribution in [3.8, 4) is 17.0 Å². The zero-order chi connectivity index (χ0) is 25.3. The van der Waals surface area contributed by atoms with Crippen molar-refractivity contribution in [2.45, 2.75) is 6.42 Å². The number of hydrogen-bond donors (Lipinski definition) is 2. The molecule has 180 valence electrons. The van der Waals surface area contributed by atoms with Gasteiger partial charge in [-0.15, -0.1) is 5.10 Å². The molecule has 2 N–H and O–H groups in total. The molecule has 0 aliphatic rings. The van der Waals surface area contributed by atoms with Crippen molar-refractivity contribution in [2.75, 3.05) is 18.1 Å². The number of benzene rings is 2. The normalized spacial score (nSPS) is 11.4. The minimum atomic E-state index is -3.65. The predicted molar refractivity (Wildman–Crippen MR) is 134 cm³/mol. The van der Waals surface area contributed by atoms with Crippen LogP contribution in [0.3, 0.4) is 0 Å². The van der Waals surface area contributed by atoms with E-state index in [2.05, 4.69) is 19.9 Å². The third-order valence-electron chi connectivity index (χ3n) is 5.12. The van der Waals surface area contributed by atoms with E-state index >= 15 is 0 Å². The molecule has 4 aromatic rings. The average Bonchev–Trinajstić information content (AvgIpc) is 2.79. The number of sulfonamides is 1. The van der Waals surface area contributed by atoms with Crippen molar-refractivity contribution in [1.29, 1.82) is 0 Å². The largest absolute Gasteiger partial charge is 0.497 e. The smallest absolute Gasteiger partial charge is 0.335 e. The van der Waals surface area contributed by atoms with Gasteiger partial charge in [0.15, 0.2) is 0 Å². The first-order chi connectivity index (χ1) is 16.6. The topological polar surface area (TPSA) is 131 Å². The third kappa shape index (κ3) is 5.45. The first-order valence-electron chi connectivity index (χ1n) is 10.0. The van der Waals surface area contributed by atoms with Crippen LogP contribution in [0, 0.1) is 0 Å². The lowest BCUT2D eigenvalue weighted by Crippen LogP contribution is -2.11. The molecule has 4 rings (SSSR count). The summed E-state index contributed by atoms with van der Waals surface area (Å²) < 4.78 is 31.2. The zero-order valence-electron chi connectivity index (χ0n) is 18.4. The Labute approximate surface area is 210 Å². The molecule has 0 saturated heterocycles. The Morgan fingerprint density at radius 1 is 1.06 bits per heavy atom. The lowest BCUT2D eigenvalue weighted by Gasteiger charge is -2.14. The molecule has 0 radical (unpaired) electrons. The van der Waals surface area contributed by atoms with Crippen molar-refractivity contribution in [3.63, 3.8) is 0 Å². The summed E-state index contributed by atoms with van der Waals surface area (Å²) >= 11 is 12.6. The number of hydrogen-bond acceptors (Lipinski definition) is 7. The second-order valence-corrected chi connectivity index (χ2v) is 10.2. The van der Waals surface area contributed by atoms with E-state index in [1.54, 1.807) is 18.2 Å². The van der Waals surface area contributed by atoms with Crippen LogP contribution in [-0.4, -0.2) is 48.0 Å². The molecule has 12 heteroatoms. The Morgan fingerprint density at radius 3 is 2.40 bits per heavy atom. The third-order valence-corrected chi connectivity index (χ3v) is 6.37. The number of aromatic carboxylic acids is 1. The van der Waals surface area contributed by atoms with Gasteiger partial charge in [-0.05, 0) is 42.0 Å². The summed E-state index contributed by atoms with van der Waals surface area (Å²) in [7, 11) is -2.13. The summed E-state index contributed by atoms with van der Waals surface area (Å²) in [5.74, 6) is -0.682. The summed E-state index contributed by atoms with van der Waals surface area (Å²) in [5.41, 5.74) is 1.87. The van der Waals surface area contributed by atoms with E-state index in [1.807, 2.05) is 0 Å². The lowest BCUT2D eigenvalue weighted by molar-refractivity contribution is 0.0697. The minimum absolute atomic E-state index is 0.0830. The number of ether oxygens (including phenoxy) is 1. The van der Waals surface area contributed by atoms with Gasteiger partial charge in [-0.3, -0.25) is 9.71 Å². The standard InChI is InChI=1S/C23H18Cl2N4O5S/c1-34-15-3-4-16-17(8-15)22(28-27-21(16)9-18-19(24)10-26-11-20(18)25)12-5-13(23(30)31)7-14(6-12)29-35(2,32)33/h3-8,10-11,29H,9H2,1-2H3,(H,30,31). The quantitative estimate of drug-likeness (QED) is 0.351. The van der Waals surface area contributed by atoms with Crippen LogP contribution in [0.4, 0.5) is 5.69 Å². The second-order valence-electron chi connectivity index (χ2n) is 7.64. The molecule has 2 heterocycles. The number of carboxylic acid groups (broad SMARTS) is 1. The van der Waals surface area contributed by atoms with Gasteiger partial charge in [0.25, 0.3) is 0 Å². The van der Waals surface area contributed by atoms with Crippen molar-refractivity contribution >= 4 is 55.7 Å². The molecule has 35 heavy (non-hydrogen) atoms. The fraction of sp³-hybridized carbons (Fsp3) is 0.130. The SMILES string of the molecule is COc1ccc2c(Cc3c(Cl)cncc3Cl)nnc(-c3cc(NS(C)(=O)=O)cc(C(=O)O)c3)c2c1. The maximum absolute atomic E-state index is 11.8. The van der Waals surface area contributed by atoms with Crippen LogP contribution in [0.1, 0.15) is 21.6 Å². The van der Waals surface area contributed by atoms with Gasteiger partial charge in [-0.25, -0.2) is 13.2 Å². The van der Waals surface area contributed by atoms with Crippen LogP contribution in [-0.2, 0) is 16.4 Å². The Balaban J connectivity index is 1.94. The number of rotatable bonds is 7. The first kappa shape index (κ1) is 24.6. The molecule has 0 aliphatic carbocycles. The molecule has 2 aromatic heterocycles. The molecule has 2 aromatic carbocycles. The number of nitrogens with zero attached hydrogens (tertiary/aromatic N) is 3. The Morgan fingerprint density at radius 2 is 1.77 bits per heavy atom. The number of nitrogens with one attached hydrogen (secondary N) is 1. The Bertz CT molecular complexity index is 1560. The van der Waals surface area contributed by atoms with Crippen molar-refractivity contribution in [1.82, 2.24) is 15.2 Å². The molecule has 0 aliphatic heterocycles. The zero-order valence-corrected chi connectivity index (χ0v) is 20.7. The summed E-state index contributed by atoms with van der Waals surface area (Å²) in [4.78, 5) is 15.7. The Hall–Kier alpha value is -3.47. The second kappa shape index (κ2) is 9.65. The highest BCUT2D eigenvalue weighted by Gasteiger charge is 2.18. The van der Waals surface area contributed by atoms with Gasteiger partial charge in [0.05, 0.1) is 34.7 Å². The van der Waals surface area contributed by atoms with Crippen LogP contribution in [0.2, 0.25) is 10.0 Å². The fourth-order valence-corrected chi connectivity index (χ4v) is 4.64. The summed E-state index contributed by atoms with van der Waals surface area (Å²) in [6.45, 7) is 0. The highest BCUT2D eigenvalue weighted by Crippen LogP contribution is 2.35. The number of aromatic nitrogens is 3. The summed E-state index contributed by atoms with van der Waals surface area (Å²) in [6.07, 6.45) is 4.23. The van der Waals surface area contributed by atoms with E-state index in [-0.39, 0.29) is 17.7 Å². The predicted octanol–water partition coefficient (Wildman–Crippen LogP) is 4.67. The Kier molecular flexibility index (Phi) is 6.79. The summed E-state index contributed by atoms with van der Waals surface area (Å²) in [6, 6.07) is 9.43. The number of fused-ring (bicyclic) bond motifs is 1. The van der Waals surface area contributed by atoms with E-state index < -0.39 is 16.0 Å². The van der Waals surface area contributed by atoms with Crippen LogP contribution in [0.25, 0.3) is 22.0 Å². The van der Waals surface area contributed by atoms with Crippen LogP contribution in [0.5, 0.6) is 5.75 Å². The minimum Gasteiger partial charge on any atom is -0.497 e. The number of halogens is 2. The van der Waals surface area contributed by atoms with Crippen LogP contribution < -0.4 is 9.46 Å². The first-order valence-corrected chi connectivity index (χ1v) is 12.7. The maximum Gasteiger partial charge on any atom is 0.335 e. The highest BCUT2D eigenvalue weighted by molar-refractivity contribution is 7.92. The van der Waals surface area contributed by atoms with Gasteiger partial charge in [-0.2, -0.15) is 5.10 Å². The number of anilines is 1. The number of pyridine rings is 1. The molecule has 0 amide bonds. The average molecular weight is 533 g/mol. The van der Waals surface area contributed by atoms with E-state index in [0.29, 0.717) is 49.1 Å². The maximum atomic E-state index is 11.8.